The number of rotatable bonds is 14. The predicted octanol–water partition coefficient (Wildman–Crippen LogP) is 8.66. The van der Waals surface area contributed by atoms with Crippen molar-refractivity contribution in [2.75, 3.05) is 20.8 Å². The number of carbonyl (C=O) groups excluding carboxylic acids is 1. The predicted molar refractivity (Wildman–Crippen MR) is 168 cm³/mol. The van der Waals surface area contributed by atoms with E-state index in [4.69, 9.17) is 14.6 Å². The largest absolute Gasteiger partial charge is 0.461 e. The Bertz CT molecular complexity index is 1090. The second-order valence-electron chi connectivity index (χ2n) is 9.82. The second kappa shape index (κ2) is 26.7. The van der Waals surface area contributed by atoms with Crippen LogP contribution in [0.3, 0.4) is 0 Å². The van der Waals surface area contributed by atoms with Crippen molar-refractivity contribution in [3.05, 3.63) is 106 Å². The molecule has 2 aromatic rings. The van der Waals surface area contributed by atoms with Gasteiger partial charge < -0.3 is 19.4 Å². The highest BCUT2D eigenvalue weighted by Gasteiger charge is 2.29. The van der Waals surface area contributed by atoms with Crippen LogP contribution in [0.15, 0.2) is 78.9 Å². The number of nitrogens with zero attached hydrogens (tertiary/aromatic N) is 1. The highest BCUT2D eigenvalue weighted by atomic mass is 19.4. The highest BCUT2D eigenvalue weighted by Crippen LogP contribution is 2.28. The van der Waals surface area contributed by atoms with Gasteiger partial charge in [-0.05, 0) is 55.6 Å². The number of aliphatic hydroxyl groups is 1. The van der Waals surface area contributed by atoms with Crippen LogP contribution in [-0.4, -0.2) is 37.0 Å². The summed E-state index contributed by atoms with van der Waals surface area (Å²) in [4.78, 5) is 26.2. The van der Waals surface area contributed by atoms with Crippen LogP contribution in [0.2, 0.25) is 0 Å². The zero-order chi connectivity index (χ0) is 33.8. The SMILES string of the molecule is CC/C=C\CCCC(=O)OCc1ccccc1CO[N+](=O)[O-].CO.COCC/C=C/C1CCCC1.FC(F)(F)c1ccccc1. The van der Waals surface area contributed by atoms with Gasteiger partial charge in [0, 0.05) is 27.2 Å². The van der Waals surface area contributed by atoms with Gasteiger partial charge in [-0.1, -0.05) is 98.7 Å². The lowest BCUT2D eigenvalue weighted by molar-refractivity contribution is -0.763. The summed E-state index contributed by atoms with van der Waals surface area (Å²) in [5.74, 6) is 0.613. The fourth-order valence-electron chi connectivity index (χ4n) is 4.09. The summed E-state index contributed by atoms with van der Waals surface area (Å²) in [7, 11) is 2.75. The number of halogens is 3. The number of allylic oxidation sites excluding steroid dienone is 3. The van der Waals surface area contributed by atoms with E-state index in [9.17, 15) is 28.1 Å². The Hall–Kier alpha value is -3.70. The summed E-state index contributed by atoms with van der Waals surface area (Å²) < 4.78 is 45.5. The molecule has 0 spiro atoms. The van der Waals surface area contributed by atoms with E-state index in [-0.39, 0.29) is 19.2 Å². The quantitative estimate of drug-likeness (QED) is 0.0725. The summed E-state index contributed by atoms with van der Waals surface area (Å²) >= 11 is 0. The second-order valence-corrected chi connectivity index (χ2v) is 9.82. The Morgan fingerprint density at radius 2 is 1.56 bits per heavy atom. The number of unbranched alkanes of at least 4 members (excludes halogenated alkanes) is 1. The fourth-order valence-corrected chi connectivity index (χ4v) is 4.09. The molecular weight excluding hydrogens is 591 g/mol. The van der Waals surface area contributed by atoms with Gasteiger partial charge in [-0.15, -0.1) is 10.1 Å². The maximum Gasteiger partial charge on any atom is 0.416 e. The van der Waals surface area contributed by atoms with Gasteiger partial charge in [0.05, 0.1) is 5.56 Å². The number of hydrogen-bond donors (Lipinski definition) is 1. The van der Waals surface area contributed by atoms with E-state index in [0.717, 1.165) is 57.5 Å². The molecule has 252 valence electrons. The topological polar surface area (TPSA) is 108 Å². The number of methoxy groups -OCH3 is 1. The molecule has 3 rings (SSSR count). The zero-order valence-electron chi connectivity index (χ0n) is 26.5. The minimum absolute atomic E-state index is 0.0981. The van der Waals surface area contributed by atoms with E-state index in [2.05, 4.69) is 36.1 Å². The van der Waals surface area contributed by atoms with Gasteiger partial charge >= 0.3 is 12.1 Å². The van der Waals surface area contributed by atoms with Crippen LogP contribution in [-0.2, 0) is 38.5 Å². The molecule has 8 nitrogen and oxygen atoms in total. The summed E-state index contributed by atoms with van der Waals surface area (Å²) in [6.45, 7) is 2.87. The minimum atomic E-state index is -4.21. The molecule has 1 fully saturated rings. The van der Waals surface area contributed by atoms with Crippen LogP contribution in [0, 0.1) is 16.0 Å². The molecule has 1 N–H and O–H groups in total. The van der Waals surface area contributed by atoms with Crippen molar-refractivity contribution in [2.45, 2.75) is 84.1 Å². The molecule has 1 aliphatic carbocycles. The van der Waals surface area contributed by atoms with Crippen LogP contribution in [0.4, 0.5) is 13.2 Å². The number of alkyl halides is 3. The van der Waals surface area contributed by atoms with Crippen molar-refractivity contribution < 1.29 is 42.5 Å². The van der Waals surface area contributed by atoms with E-state index in [1.807, 2.05) is 0 Å². The van der Waals surface area contributed by atoms with Gasteiger partial charge in [-0.2, -0.15) is 13.2 Å². The van der Waals surface area contributed by atoms with Crippen molar-refractivity contribution >= 4 is 5.97 Å². The number of ether oxygens (including phenoxy) is 2. The summed E-state index contributed by atoms with van der Waals surface area (Å²) in [5.41, 5.74) is 0.747. The lowest BCUT2D eigenvalue weighted by Crippen LogP contribution is -2.07. The highest BCUT2D eigenvalue weighted by molar-refractivity contribution is 5.69. The first-order valence-corrected chi connectivity index (χ1v) is 15.0. The van der Waals surface area contributed by atoms with E-state index < -0.39 is 16.8 Å². The molecule has 0 amide bonds. The van der Waals surface area contributed by atoms with Gasteiger partial charge in [-0.25, -0.2) is 0 Å². The molecule has 0 unspecified atom stereocenters. The maximum absolute atomic E-state index is 11.8. The molecule has 11 heteroatoms. The Labute approximate surface area is 265 Å². The van der Waals surface area contributed by atoms with E-state index >= 15 is 0 Å². The van der Waals surface area contributed by atoms with Gasteiger partial charge in [0.15, 0.2) is 0 Å². The van der Waals surface area contributed by atoms with Gasteiger partial charge in [-0.3, -0.25) is 4.79 Å². The third kappa shape index (κ3) is 22.5. The van der Waals surface area contributed by atoms with Gasteiger partial charge in [0.25, 0.3) is 5.09 Å². The van der Waals surface area contributed by atoms with E-state index in [1.54, 1.807) is 37.4 Å². The van der Waals surface area contributed by atoms with E-state index in [1.165, 1.54) is 37.8 Å². The number of carbonyl (C=O) groups is 1. The molecule has 1 saturated carbocycles. The smallest absolute Gasteiger partial charge is 0.416 e. The number of hydrogen-bond acceptors (Lipinski definition) is 7. The fraction of sp³-hybridized carbons (Fsp3) is 0.500. The van der Waals surface area contributed by atoms with Gasteiger partial charge in [0.1, 0.15) is 13.2 Å². The van der Waals surface area contributed by atoms with Crippen molar-refractivity contribution in [2.24, 2.45) is 5.92 Å². The van der Waals surface area contributed by atoms with Crippen LogP contribution in [0.25, 0.3) is 0 Å². The molecular formula is C34H48F3NO7. The molecule has 0 heterocycles. The molecule has 0 saturated heterocycles. The minimum Gasteiger partial charge on any atom is -0.461 e. The standard InChI is InChI=1S/C16H21NO5.C10H18O.C7H5F3.CH4O/c1-2-3-4-5-6-11-16(18)21-12-14-9-7-8-10-15(14)13-22-17(19)20;1-11-9-5-4-8-10-6-2-3-7-10;8-7(9,10)6-4-2-1-3-5-6;1-2/h3-4,7-10H,2,5-6,11-13H2,1H3;4,8,10H,2-3,5-7,9H2,1H3;1-5H;2H,1H3/b4-3-;8-4+;;. The lowest BCUT2D eigenvalue weighted by Gasteiger charge is -2.09. The maximum atomic E-state index is 11.8. The summed E-state index contributed by atoms with van der Waals surface area (Å²) in [6, 6.07) is 13.4. The molecule has 2 aromatic carbocycles. The molecule has 1 aliphatic rings. The number of esters is 1. The van der Waals surface area contributed by atoms with Crippen molar-refractivity contribution in [1.29, 1.82) is 0 Å². The van der Waals surface area contributed by atoms with Crippen LogP contribution >= 0.6 is 0 Å². The molecule has 0 aromatic heterocycles. The average Bonchev–Trinajstić information content (AvgIpc) is 3.57. The third-order valence-corrected chi connectivity index (χ3v) is 6.38. The molecule has 0 bridgehead atoms. The van der Waals surface area contributed by atoms with Crippen molar-refractivity contribution in [1.82, 2.24) is 0 Å². The van der Waals surface area contributed by atoms with Gasteiger partial charge in [0.2, 0.25) is 0 Å². The molecule has 0 radical (unpaired) electrons. The molecule has 0 atom stereocenters. The summed E-state index contributed by atoms with van der Waals surface area (Å²) in [6.07, 6.45) is 14.3. The Balaban J connectivity index is 0.000000699. The zero-order valence-corrected chi connectivity index (χ0v) is 26.5. The third-order valence-electron chi connectivity index (χ3n) is 6.38. The monoisotopic (exact) mass is 639 g/mol. The number of aliphatic hydroxyl groups excluding tert-OH is 1. The summed E-state index contributed by atoms with van der Waals surface area (Å²) in [5, 5.41) is 16.4. The first-order chi connectivity index (χ1) is 21.7. The molecule has 45 heavy (non-hydrogen) atoms. The van der Waals surface area contributed by atoms with Crippen LogP contribution < -0.4 is 0 Å². The Morgan fingerprint density at radius 1 is 0.956 bits per heavy atom. The first kappa shape index (κ1) is 41.3. The Morgan fingerprint density at radius 3 is 2.09 bits per heavy atom. The Kier molecular flexibility index (Phi) is 24.5. The lowest BCUT2D eigenvalue weighted by atomic mass is 10.1. The van der Waals surface area contributed by atoms with Crippen molar-refractivity contribution in [3.63, 3.8) is 0 Å². The average molecular weight is 640 g/mol. The first-order valence-electron chi connectivity index (χ1n) is 15.0. The van der Waals surface area contributed by atoms with Crippen molar-refractivity contribution in [3.8, 4) is 0 Å². The number of benzene rings is 2. The van der Waals surface area contributed by atoms with E-state index in [0.29, 0.717) is 17.5 Å². The van der Waals surface area contributed by atoms with Crippen LogP contribution in [0.1, 0.15) is 81.4 Å². The molecule has 0 aliphatic heterocycles. The normalized spacial score (nSPS) is 12.8. The van der Waals surface area contributed by atoms with Crippen LogP contribution in [0.5, 0.6) is 0 Å².